The van der Waals surface area contributed by atoms with Crippen LogP contribution in [-0.4, -0.2) is 21.6 Å². The van der Waals surface area contributed by atoms with Gasteiger partial charge in [0.25, 0.3) is 5.91 Å². The van der Waals surface area contributed by atoms with E-state index in [4.69, 9.17) is 0 Å². The maximum absolute atomic E-state index is 13.9. The van der Waals surface area contributed by atoms with Gasteiger partial charge in [-0.15, -0.1) is 0 Å². The number of para-hydroxylation sites is 1. The van der Waals surface area contributed by atoms with Crippen LogP contribution in [-0.2, 0) is 17.6 Å². The Kier molecular flexibility index (Phi) is 4.88. The number of benzene rings is 2. The quantitative estimate of drug-likeness (QED) is 0.704. The van der Waals surface area contributed by atoms with Gasteiger partial charge in [0.1, 0.15) is 5.82 Å². The second-order valence-electron chi connectivity index (χ2n) is 7.16. The Hall–Kier alpha value is -3.48. The molecule has 1 aromatic heterocycles. The molecule has 0 spiro atoms. The van der Waals surface area contributed by atoms with E-state index in [1.165, 1.54) is 25.1 Å². The molecule has 0 aliphatic heterocycles. The number of hydrogen-bond donors (Lipinski definition) is 2. The SMILES string of the molecule is CC(=O)Nc1cc(NC(=O)c2nn(-c3ccccc3C)c3c2CCC3)ccc1F. The van der Waals surface area contributed by atoms with Crippen molar-refractivity contribution in [1.82, 2.24) is 9.78 Å². The molecular weight excluding hydrogens is 371 g/mol. The van der Waals surface area contributed by atoms with E-state index in [9.17, 15) is 14.0 Å². The van der Waals surface area contributed by atoms with Crippen molar-refractivity contribution in [3.8, 4) is 5.69 Å². The monoisotopic (exact) mass is 392 g/mol. The third kappa shape index (κ3) is 3.63. The van der Waals surface area contributed by atoms with E-state index in [1.54, 1.807) is 0 Å². The summed E-state index contributed by atoms with van der Waals surface area (Å²) in [4.78, 5) is 24.2. The zero-order valence-corrected chi connectivity index (χ0v) is 16.3. The highest BCUT2D eigenvalue weighted by Gasteiger charge is 2.27. The van der Waals surface area contributed by atoms with E-state index < -0.39 is 5.82 Å². The highest BCUT2D eigenvalue weighted by atomic mass is 19.1. The number of aromatic nitrogens is 2. The largest absolute Gasteiger partial charge is 0.324 e. The lowest BCUT2D eigenvalue weighted by Gasteiger charge is -2.09. The van der Waals surface area contributed by atoms with Crippen LogP contribution in [0.15, 0.2) is 42.5 Å². The second kappa shape index (κ2) is 7.50. The molecular formula is C22H21FN4O2. The van der Waals surface area contributed by atoms with Gasteiger partial charge in [-0.1, -0.05) is 18.2 Å². The first-order valence-corrected chi connectivity index (χ1v) is 9.49. The number of carbonyl (C=O) groups is 2. The molecule has 0 unspecified atom stereocenters. The fourth-order valence-corrected chi connectivity index (χ4v) is 3.70. The first-order valence-electron chi connectivity index (χ1n) is 9.49. The lowest BCUT2D eigenvalue weighted by Crippen LogP contribution is -2.16. The maximum atomic E-state index is 13.9. The summed E-state index contributed by atoms with van der Waals surface area (Å²) < 4.78 is 15.7. The number of rotatable bonds is 4. The summed E-state index contributed by atoms with van der Waals surface area (Å²) in [6.07, 6.45) is 2.64. The first-order chi connectivity index (χ1) is 13.9. The zero-order chi connectivity index (χ0) is 20.5. The molecule has 1 aliphatic carbocycles. The molecule has 0 saturated carbocycles. The molecule has 3 aromatic rings. The predicted molar refractivity (Wildman–Crippen MR) is 109 cm³/mol. The second-order valence-corrected chi connectivity index (χ2v) is 7.16. The molecule has 0 fully saturated rings. The lowest BCUT2D eigenvalue weighted by atomic mass is 10.1. The summed E-state index contributed by atoms with van der Waals surface area (Å²) in [6, 6.07) is 12.0. The minimum Gasteiger partial charge on any atom is -0.324 e. The smallest absolute Gasteiger partial charge is 0.276 e. The number of nitrogens with one attached hydrogen (secondary N) is 2. The normalized spacial score (nSPS) is 12.5. The van der Waals surface area contributed by atoms with Crippen LogP contribution in [0.1, 0.15) is 40.7 Å². The Labute approximate surface area is 167 Å². The first kappa shape index (κ1) is 18.9. The number of carbonyl (C=O) groups excluding carboxylic acids is 2. The minimum atomic E-state index is -0.567. The van der Waals surface area contributed by atoms with Gasteiger partial charge in [-0.25, -0.2) is 9.07 Å². The van der Waals surface area contributed by atoms with Crippen LogP contribution in [0.2, 0.25) is 0 Å². The summed E-state index contributed by atoms with van der Waals surface area (Å²) >= 11 is 0. The number of nitrogens with zero attached hydrogens (tertiary/aromatic N) is 2. The minimum absolute atomic E-state index is 0.0194. The topological polar surface area (TPSA) is 76.0 Å². The van der Waals surface area contributed by atoms with Crippen molar-refractivity contribution in [2.45, 2.75) is 33.1 Å². The molecule has 1 heterocycles. The Morgan fingerprint density at radius 3 is 2.66 bits per heavy atom. The summed E-state index contributed by atoms with van der Waals surface area (Å²) in [6.45, 7) is 3.31. The van der Waals surface area contributed by atoms with Crippen molar-refractivity contribution in [2.75, 3.05) is 10.6 Å². The average Bonchev–Trinajstić information content (AvgIpc) is 3.27. The lowest BCUT2D eigenvalue weighted by molar-refractivity contribution is -0.114. The van der Waals surface area contributed by atoms with Crippen LogP contribution in [0, 0.1) is 12.7 Å². The van der Waals surface area contributed by atoms with E-state index >= 15 is 0 Å². The number of fused-ring (bicyclic) bond motifs is 1. The number of halogens is 1. The van der Waals surface area contributed by atoms with E-state index in [2.05, 4.69) is 15.7 Å². The molecule has 0 atom stereocenters. The molecule has 6 nitrogen and oxygen atoms in total. The molecule has 0 radical (unpaired) electrons. The van der Waals surface area contributed by atoms with Crippen molar-refractivity contribution in [3.63, 3.8) is 0 Å². The highest BCUT2D eigenvalue weighted by molar-refractivity contribution is 6.04. The molecule has 0 bridgehead atoms. The number of aryl methyl sites for hydroxylation is 1. The van der Waals surface area contributed by atoms with Crippen LogP contribution in [0.5, 0.6) is 0 Å². The zero-order valence-electron chi connectivity index (χ0n) is 16.3. The number of hydrogen-bond acceptors (Lipinski definition) is 3. The fourth-order valence-electron chi connectivity index (χ4n) is 3.70. The van der Waals surface area contributed by atoms with Gasteiger partial charge >= 0.3 is 0 Å². The van der Waals surface area contributed by atoms with Gasteiger partial charge in [-0.2, -0.15) is 5.10 Å². The Morgan fingerprint density at radius 2 is 1.90 bits per heavy atom. The van der Waals surface area contributed by atoms with Gasteiger partial charge in [0.2, 0.25) is 5.91 Å². The maximum Gasteiger partial charge on any atom is 0.276 e. The van der Waals surface area contributed by atoms with Crippen molar-refractivity contribution >= 4 is 23.2 Å². The van der Waals surface area contributed by atoms with E-state index in [1.807, 2.05) is 35.9 Å². The van der Waals surface area contributed by atoms with Crippen LogP contribution in [0.25, 0.3) is 5.69 Å². The molecule has 1 aliphatic rings. The summed E-state index contributed by atoms with van der Waals surface area (Å²) in [5.74, 6) is -1.30. The summed E-state index contributed by atoms with van der Waals surface area (Å²) in [5.41, 5.74) is 4.83. The van der Waals surface area contributed by atoms with Gasteiger partial charge in [-0.05, 0) is 56.0 Å². The van der Waals surface area contributed by atoms with Gasteiger partial charge in [0.15, 0.2) is 5.69 Å². The molecule has 148 valence electrons. The Morgan fingerprint density at radius 1 is 1.10 bits per heavy atom. The molecule has 4 rings (SSSR count). The van der Waals surface area contributed by atoms with Gasteiger partial charge in [0.05, 0.1) is 11.4 Å². The van der Waals surface area contributed by atoms with Gasteiger partial charge in [-0.3, -0.25) is 9.59 Å². The predicted octanol–water partition coefficient (Wildman–Crippen LogP) is 4.02. The molecule has 2 N–H and O–H groups in total. The molecule has 0 saturated heterocycles. The van der Waals surface area contributed by atoms with Crippen LogP contribution < -0.4 is 10.6 Å². The van der Waals surface area contributed by atoms with Crippen LogP contribution in [0.3, 0.4) is 0 Å². The van der Waals surface area contributed by atoms with E-state index in [-0.39, 0.29) is 17.5 Å². The number of anilines is 2. The van der Waals surface area contributed by atoms with Crippen LogP contribution in [0.4, 0.5) is 15.8 Å². The van der Waals surface area contributed by atoms with Crippen molar-refractivity contribution in [3.05, 3.63) is 70.8 Å². The molecule has 29 heavy (non-hydrogen) atoms. The van der Waals surface area contributed by atoms with Gasteiger partial charge < -0.3 is 10.6 Å². The fraction of sp³-hybridized carbons (Fsp3) is 0.227. The Balaban J connectivity index is 1.66. The summed E-state index contributed by atoms with van der Waals surface area (Å²) in [7, 11) is 0. The molecule has 2 aromatic carbocycles. The summed E-state index contributed by atoms with van der Waals surface area (Å²) in [5, 5.41) is 9.80. The average molecular weight is 392 g/mol. The van der Waals surface area contributed by atoms with Crippen LogP contribution >= 0.6 is 0 Å². The third-order valence-electron chi connectivity index (χ3n) is 5.02. The van der Waals surface area contributed by atoms with E-state index in [0.717, 1.165) is 41.8 Å². The Bertz CT molecular complexity index is 1120. The van der Waals surface area contributed by atoms with Crippen molar-refractivity contribution < 1.29 is 14.0 Å². The molecule has 7 heteroatoms. The molecule has 2 amide bonds. The van der Waals surface area contributed by atoms with Crippen molar-refractivity contribution in [2.24, 2.45) is 0 Å². The highest BCUT2D eigenvalue weighted by Crippen LogP contribution is 2.29. The number of amides is 2. The van der Waals surface area contributed by atoms with Gasteiger partial charge in [0, 0.05) is 23.9 Å². The van der Waals surface area contributed by atoms with E-state index in [0.29, 0.717) is 11.4 Å². The van der Waals surface area contributed by atoms with Crippen molar-refractivity contribution in [1.29, 1.82) is 0 Å². The third-order valence-corrected chi connectivity index (χ3v) is 5.02. The standard InChI is InChI=1S/C22H21FN4O2/c1-13-6-3-4-8-19(13)27-20-9-5-7-16(20)21(26-27)22(29)25-15-10-11-17(23)18(12-15)24-14(2)28/h3-4,6,8,10-12H,5,7,9H2,1-2H3,(H,24,28)(H,25,29).